The van der Waals surface area contributed by atoms with Gasteiger partial charge in [-0.25, -0.2) is 4.39 Å². The van der Waals surface area contributed by atoms with Gasteiger partial charge in [0.2, 0.25) is 5.43 Å². The third kappa shape index (κ3) is 3.77. The molecule has 2 N–H and O–H groups in total. The Morgan fingerprint density at radius 3 is 2.88 bits per heavy atom. The van der Waals surface area contributed by atoms with Crippen molar-refractivity contribution in [2.45, 2.75) is 51.7 Å². The number of pyridine rings is 1. The Morgan fingerprint density at radius 2 is 2.12 bits per heavy atom. The second-order valence-electron chi connectivity index (χ2n) is 9.00. The Bertz CT molecular complexity index is 1160. The van der Waals surface area contributed by atoms with Gasteiger partial charge in [0.05, 0.1) is 10.6 Å². The highest BCUT2D eigenvalue weighted by molar-refractivity contribution is 6.30. The molecular weight excluding hydrogens is 437 g/mol. The first kappa shape index (κ1) is 22.3. The fourth-order valence-electron chi connectivity index (χ4n) is 4.69. The van der Waals surface area contributed by atoms with Gasteiger partial charge in [0, 0.05) is 31.4 Å². The quantitative estimate of drug-likeness (QED) is 0.733. The first-order valence-corrected chi connectivity index (χ1v) is 11.0. The SMILES string of the molecule is C[C@@H]1CCC[C@@]2(C)Cn3cc(C(=O)NCc4cccc(Cl)c4F)c(=O)c(O)c3C(=O)N2C1. The molecule has 9 heteroatoms. The summed E-state index contributed by atoms with van der Waals surface area (Å²) in [4.78, 5) is 40.5. The van der Waals surface area contributed by atoms with Crippen LogP contribution in [0.5, 0.6) is 5.75 Å². The molecule has 2 aliphatic heterocycles. The molecule has 7 nitrogen and oxygen atoms in total. The van der Waals surface area contributed by atoms with Crippen molar-refractivity contribution in [1.29, 1.82) is 0 Å². The molecule has 1 aromatic carbocycles. The summed E-state index contributed by atoms with van der Waals surface area (Å²) in [6, 6.07) is 4.42. The topological polar surface area (TPSA) is 91.6 Å². The van der Waals surface area contributed by atoms with E-state index in [0.717, 1.165) is 19.3 Å². The maximum absolute atomic E-state index is 14.1. The van der Waals surface area contributed by atoms with E-state index >= 15 is 0 Å². The molecule has 2 aliphatic rings. The molecule has 0 saturated carbocycles. The van der Waals surface area contributed by atoms with Crippen LogP contribution in [0, 0.1) is 11.7 Å². The maximum Gasteiger partial charge on any atom is 0.275 e. The molecule has 0 unspecified atom stereocenters. The van der Waals surface area contributed by atoms with Crippen LogP contribution in [-0.4, -0.2) is 38.5 Å². The first-order valence-electron chi connectivity index (χ1n) is 10.6. The van der Waals surface area contributed by atoms with E-state index in [1.165, 1.54) is 22.9 Å². The minimum Gasteiger partial charge on any atom is -0.503 e. The fraction of sp³-hybridized carbons (Fsp3) is 0.435. The van der Waals surface area contributed by atoms with E-state index in [9.17, 15) is 23.9 Å². The monoisotopic (exact) mass is 461 g/mol. The molecule has 3 heterocycles. The van der Waals surface area contributed by atoms with Crippen molar-refractivity contribution in [3.63, 3.8) is 0 Å². The lowest BCUT2D eigenvalue weighted by molar-refractivity contribution is 0.0328. The van der Waals surface area contributed by atoms with Crippen LogP contribution in [0.3, 0.4) is 0 Å². The minimum atomic E-state index is -0.930. The van der Waals surface area contributed by atoms with Gasteiger partial charge in [-0.05, 0) is 31.7 Å². The van der Waals surface area contributed by atoms with Crippen molar-refractivity contribution in [3.8, 4) is 5.75 Å². The largest absolute Gasteiger partial charge is 0.503 e. The smallest absolute Gasteiger partial charge is 0.275 e. The van der Waals surface area contributed by atoms with Crippen LogP contribution in [0.25, 0.3) is 0 Å². The van der Waals surface area contributed by atoms with Gasteiger partial charge in [-0.3, -0.25) is 14.4 Å². The summed E-state index contributed by atoms with van der Waals surface area (Å²) < 4.78 is 15.6. The Balaban J connectivity index is 1.66. The molecule has 2 amide bonds. The van der Waals surface area contributed by atoms with Crippen molar-refractivity contribution in [2.24, 2.45) is 5.92 Å². The van der Waals surface area contributed by atoms with Crippen molar-refractivity contribution in [1.82, 2.24) is 14.8 Å². The zero-order chi connectivity index (χ0) is 23.2. The summed E-state index contributed by atoms with van der Waals surface area (Å²) in [6.07, 6.45) is 4.05. The molecule has 0 radical (unpaired) electrons. The zero-order valence-corrected chi connectivity index (χ0v) is 18.7. The van der Waals surface area contributed by atoms with E-state index in [-0.39, 0.29) is 28.4 Å². The number of aromatic nitrogens is 1. The summed E-state index contributed by atoms with van der Waals surface area (Å²) in [5, 5.41) is 13.0. The van der Waals surface area contributed by atoms with E-state index in [4.69, 9.17) is 11.6 Å². The highest BCUT2D eigenvalue weighted by Gasteiger charge is 2.44. The van der Waals surface area contributed by atoms with Crippen LogP contribution in [0.1, 0.15) is 59.5 Å². The lowest BCUT2D eigenvalue weighted by Gasteiger charge is -2.45. The Morgan fingerprint density at radius 1 is 1.38 bits per heavy atom. The molecule has 2 atom stereocenters. The van der Waals surface area contributed by atoms with Crippen molar-refractivity contribution < 1.29 is 19.1 Å². The number of rotatable bonds is 3. The van der Waals surface area contributed by atoms with E-state index < -0.39 is 34.3 Å². The van der Waals surface area contributed by atoms with Crippen molar-refractivity contribution >= 4 is 23.4 Å². The van der Waals surface area contributed by atoms with Crippen LogP contribution < -0.4 is 10.7 Å². The number of aromatic hydroxyl groups is 1. The number of amides is 2. The predicted molar refractivity (Wildman–Crippen MR) is 117 cm³/mol. The van der Waals surface area contributed by atoms with Crippen LogP contribution in [-0.2, 0) is 13.1 Å². The van der Waals surface area contributed by atoms with Gasteiger partial charge in [0.25, 0.3) is 11.8 Å². The zero-order valence-electron chi connectivity index (χ0n) is 18.0. The average molecular weight is 462 g/mol. The summed E-state index contributed by atoms with van der Waals surface area (Å²) in [6.45, 7) is 4.79. The molecule has 1 fully saturated rings. The van der Waals surface area contributed by atoms with E-state index in [2.05, 4.69) is 12.2 Å². The number of carbonyl (C=O) groups excluding carboxylic acids is 2. The predicted octanol–water partition coefficient (Wildman–Crippen LogP) is 3.31. The summed E-state index contributed by atoms with van der Waals surface area (Å²) >= 11 is 5.76. The van der Waals surface area contributed by atoms with Gasteiger partial charge in [0.15, 0.2) is 11.4 Å². The molecule has 0 bridgehead atoms. The fourth-order valence-corrected chi connectivity index (χ4v) is 4.89. The normalized spacial score (nSPS) is 22.7. The van der Waals surface area contributed by atoms with Gasteiger partial charge in [-0.2, -0.15) is 0 Å². The number of fused-ring (bicyclic) bond motifs is 2. The maximum atomic E-state index is 14.1. The third-order valence-corrected chi connectivity index (χ3v) is 6.78. The number of hydrogen-bond donors (Lipinski definition) is 2. The number of nitrogens with one attached hydrogen (secondary N) is 1. The van der Waals surface area contributed by atoms with Crippen LogP contribution >= 0.6 is 11.6 Å². The van der Waals surface area contributed by atoms with E-state index in [0.29, 0.717) is 19.0 Å². The number of halogens is 2. The van der Waals surface area contributed by atoms with Gasteiger partial charge in [0.1, 0.15) is 11.4 Å². The molecule has 170 valence electrons. The van der Waals surface area contributed by atoms with Crippen molar-refractivity contribution in [2.75, 3.05) is 6.54 Å². The lowest BCUT2D eigenvalue weighted by atomic mass is 9.91. The molecular formula is C23H25ClFN3O4. The number of benzene rings is 1. The lowest BCUT2D eigenvalue weighted by Crippen LogP contribution is -2.57. The van der Waals surface area contributed by atoms with Gasteiger partial charge in [-0.15, -0.1) is 0 Å². The molecule has 0 spiro atoms. The van der Waals surface area contributed by atoms with Crippen LogP contribution in [0.15, 0.2) is 29.2 Å². The number of nitrogens with zero attached hydrogens (tertiary/aromatic N) is 2. The molecule has 1 aromatic heterocycles. The summed E-state index contributed by atoms with van der Waals surface area (Å²) in [5.74, 6) is -2.25. The average Bonchev–Trinajstić information content (AvgIpc) is 2.89. The van der Waals surface area contributed by atoms with E-state index in [1.807, 2.05) is 6.92 Å². The second kappa shape index (κ2) is 8.24. The molecule has 32 heavy (non-hydrogen) atoms. The highest BCUT2D eigenvalue weighted by atomic mass is 35.5. The van der Waals surface area contributed by atoms with Crippen LogP contribution in [0.2, 0.25) is 5.02 Å². The van der Waals surface area contributed by atoms with Crippen LogP contribution in [0.4, 0.5) is 4.39 Å². The van der Waals surface area contributed by atoms with Gasteiger partial charge >= 0.3 is 0 Å². The highest BCUT2D eigenvalue weighted by Crippen LogP contribution is 2.37. The van der Waals surface area contributed by atoms with Gasteiger partial charge in [-0.1, -0.05) is 37.1 Å². The first-order chi connectivity index (χ1) is 15.1. The minimum absolute atomic E-state index is 0.0720. The van der Waals surface area contributed by atoms with E-state index in [1.54, 1.807) is 11.0 Å². The molecule has 4 rings (SSSR count). The number of hydrogen-bond acceptors (Lipinski definition) is 4. The standard InChI is InChI=1S/C23H25ClFN3O4/c1-13-5-4-8-23(2)12-27-11-15(19(29)20(30)18(27)22(32)28(23)10-13)21(31)26-9-14-6-3-7-16(24)17(14)25/h3,6-7,11,13,30H,4-5,8-10,12H2,1-2H3,(H,26,31)/t13-,23+/m1/s1. The Labute approximate surface area is 189 Å². The Hall–Kier alpha value is -2.87. The molecule has 0 aliphatic carbocycles. The second-order valence-corrected chi connectivity index (χ2v) is 9.41. The third-order valence-electron chi connectivity index (χ3n) is 6.49. The summed E-state index contributed by atoms with van der Waals surface area (Å²) in [5.41, 5.74) is -1.65. The molecule has 2 aromatic rings. The number of carbonyl (C=O) groups is 2. The van der Waals surface area contributed by atoms with Crippen molar-refractivity contribution in [3.05, 3.63) is 62.3 Å². The molecule has 1 saturated heterocycles. The Kier molecular flexibility index (Phi) is 5.75. The summed E-state index contributed by atoms with van der Waals surface area (Å²) in [7, 11) is 0. The van der Waals surface area contributed by atoms with Gasteiger partial charge < -0.3 is 19.9 Å².